The molecular weight excluding hydrogens is 475 g/mol. The van der Waals surface area contributed by atoms with Crippen LogP contribution < -0.4 is 5.32 Å². The van der Waals surface area contributed by atoms with Crippen molar-refractivity contribution in [1.29, 1.82) is 0 Å². The molecule has 0 saturated carbocycles. The van der Waals surface area contributed by atoms with Crippen LogP contribution in [0.25, 0.3) is 21.5 Å². The van der Waals surface area contributed by atoms with Crippen LogP contribution in [0.1, 0.15) is 35.3 Å². The zero-order valence-electron chi connectivity index (χ0n) is 18.8. The maximum absolute atomic E-state index is 13.7. The van der Waals surface area contributed by atoms with Gasteiger partial charge >= 0.3 is 0 Å². The SMILES string of the molecule is Cc1nc(C(=O)N2CCC[C@@H](C)[C@H]2CNc2nc3cc(Cl)ccc3o2)c(-c2ccc(F)cc2)s1. The highest BCUT2D eigenvalue weighted by molar-refractivity contribution is 7.15. The fraction of sp³-hybridized carbons (Fsp3) is 0.320. The first-order valence-electron chi connectivity index (χ1n) is 11.2. The van der Waals surface area contributed by atoms with Crippen molar-refractivity contribution < 1.29 is 13.6 Å². The molecule has 1 fully saturated rings. The standard InChI is InChI=1S/C25H24ClFN4O2S/c1-14-4-3-11-31(20(14)13-28-25-30-19-12-17(26)7-10-21(19)33-25)24(32)22-23(34-15(2)29-22)16-5-8-18(27)9-6-16/h5-10,12,14,20H,3-4,11,13H2,1-2H3,(H,28,30)/t14-,20-/m1/s1. The Morgan fingerprint density at radius 1 is 1.26 bits per heavy atom. The number of oxazole rings is 1. The van der Waals surface area contributed by atoms with Crippen molar-refractivity contribution >= 4 is 46.0 Å². The van der Waals surface area contributed by atoms with Crippen molar-refractivity contribution in [2.24, 2.45) is 5.92 Å². The van der Waals surface area contributed by atoms with Gasteiger partial charge in [-0.25, -0.2) is 9.37 Å². The van der Waals surface area contributed by atoms with Crippen molar-refractivity contribution in [3.05, 3.63) is 64.0 Å². The molecule has 1 amide bonds. The quantitative estimate of drug-likeness (QED) is 0.344. The molecule has 2 aromatic carbocycles. The van der Waals surface area contributed by atoms with Crippen LogP contribution in [0, 0.1) is 18.7 Å². The Morgan fingerprint density at radius 3 is 2.85 bits per heavy atom. The predicted molar refractivity (Wildman–Crippen MR) is 133 cm³/mol. The molecular formula is C25H24ClFN4O2S. The van der Waals surface area contributed by atoms with Crippen LogP contribution in [0.3, 0.4) is 0 Å². The van der Waals surface area contributed by atoms with Crippen LogP contribution >= 0.6 is 22.9 Å². The third-order valence-electron chi connectivity index (χ3n) is 6.23. The number of nitrogens with one attached hydrogen (secondary N) is 1. The number of rotatable bonds is 5. The average Bonchev–Trinajstić information content (AvgIpc) is 3.40. The summed E-state index contributed by atoms with van der Waals surface area (Å²) in [7, 11) is 0. The zero-order valence-corrected chi connectivity index (χ0v) is 20.4. The number of hydrogen-bond acceptors (Lipinski definition) is 6. The smallest absolute Gasteiger partial charge is 0.295 e. The minimum absolute atomic E-state index is 0.0528. The van der Waals surface area contributed by atoms with Gasteiger partial charge in [0.15, 0.2) is 5.58 Å². The topological polar surface area (TPSA) is 71.3 Å². The normalized spacial score (nSPS) is 18.4. The molecule has 0 unspecified atom stereocenters. The predicted octanol–water partition coefficient (Wildman–Crippen LogP) is 6.41. The van der Waals surface area contributed by atoms with Crippen LogP contribution in [0.2, 0.25) is 5.02 Å². The lowest BCUT2D eigenvalue weighted by Crippen LogP contribution is -2.51. The van der Waals surface area contributed by atoms with E-state index in [0.29, 0.717) is 40.9 Å². The number of carbonyl (C=O) groups excluding carboxylic acids is 1. The number of benzene rings is 2. The molecule has 34 heavy (non-hydrogen) atoms. The molecule has 5 rings (SSSR count). The van der Waals surface area contributed by atoms with E-state index in [1.165, 1.54) is 23.5 Å². The Kier molecular flexibility index (Phi) is 6.27. The van der Waals surface area contributed by atoms with Crippen LogP contribution in [-0.4, -0.2) is 39.9 Å². The molecule has 1 saturated heterocycles. The number of fused-ring (bicyclic) bond motifs is 1. The molecule has 2 aromatic heterocycles. The third kappa shape index (κ3) is 4.52. The van der Waals surface area contributed by atoms with Gasteiger partial charge in [-0.2, -0.15) is 4.98 Å². The zero-order chi connectivity index (χ0) is 23.8. The number of amides is 1. The number of carbonyl (C=O) groups is 1. The second-order valence-electron chi connectivity index (χ2n) is 8.61. The number of thiazole rings is 1. The molecule has 0 spiro atoms. The Hall–Kier alpha value is -2.97. The van der Waals surface area contributed by atoms with E-state index in [2.05, 4.69) is 22.2 Å². The second kappa shape index (κ2) is 9.35. The highest BCUT2D eigenvalue weighted by atomic mass is 35.5. The van der Waals surface area contributed by atoms with Gasteiger partial charge in [-0.05, 0) is 61.6 Å². The summed E-state index contributed by atoms with van der Waals surface area (Å²) in [6, 6.07) is 11.8. The molecule has 2 atom stereocenters. The van der Waals surface area contributed by atoms with E-state index in [9.17, 15) is 9.18 Å². The molecule has 4 aromatic rings. The Morgan fingerprint density at radius 2 is 2.06 bits per heavy atom. The number of aryl methyl sites for hydroxylation is 1. The summed E-state index contributed by atoms with van der Waals surface area (Å²) in [5.41, 5.74) is 2.55. The van der Waals surface area contributed by atoms with Crippen molar-refractivity contribution in [3.63, 3.8) is 0 Å². The van der Waals surface area contributed by atoms with E-state index in [4.69, 9.17) is 16.0 Å². The number of likely N-dealkylation sites (tertiary alicyclic amines) is 1. The lowest BCUT2D eigenvalue weighted by molar-refractivity contribution is 0.0534. The summed E-state index contributed by atoms with van der Waals surface area (Å²) in [5.74, 6) is -0.125. The molecule has 0 bridgehead atoms. The van der Waals surface area contributed by atoms with Crippen LogP contribution in [0.4, 0.5) is 10.4 Å². The maximum Gasteiger partial charge on any atom is 0.295 e. The van der Waals surface area contributed by atoms with Gasteiger partial charge in [0, 0.05) is 18.1 Å². The summed E-state index contributed by atoms with van der Waals surface area (Å²) >= 11 is 7.50. The van der Waals surface area contributed by atoms with Crippen molar-refractivity contribution in [1.82, 2.24) is 14.9 Å². The number of hydrogen-bond donors (Lipinski definition) is 1. The van der Waals surface area contributed by atoms with E-state index >= 15 is 0 Å². The number of aromatic nitrogens is 2. The second-order valence-corrected chi connectivity index (χ2v) is 10.3. The van der Waals surface area contributed by atoms with Gasteiger partial charge in [0.1, 0.15) is 17.0 Å². The van der Waals surface area contributed by atoms with Crippen LogP contribution in [0.15, 0.2) is 46.9 Å². The first kappa shape index (κ1) is 22.8. The summed E-state index contributed by atoms with van der Waals surface area (Å²) < 4.78 is 19.2. The lowest BCUT2D eigenvalue weighted by atomic mass is 9.90. The van der Waals surface area contributed by atoms with Gasteiger partial charge in [-0.3, -0.25) is 4.79 Å². The number of piperidine rings is 1. The molecule has 176 valence electrons. The summed E-state index contributed by atoms with van der Waals surface area (Å²) in [4.78, 5) is 25.4. The molecule has 0 aliphatic carbocycles. The van der Waals surface area contributed by atoms with Gasteiger partial charge in [-0.1, -0.05) is 30.7 Å². The number of nitrogens with zero attached hydrogens (tertiary/aromatic N) is 3. The molecule has 0 radical (unpaired) electrons. The molecule has 1 aliphatic rings. The highest BCUT2D eigenvalue weighted by Gasteiger charge is 2.34. The van der Waals surface area contributed by atoms with Crippen molar-refractivity contribution in [3.8, 4) is 10.4 Å². The summed E-state index contributed by atoms with van der Waals surface area (Å²) in [5, 5.41) is 4.67. The first-order chi connectivity index (χ1) is 16.4. The Balaban J connectivity index is 1.39. The van der Waals surface area contributed by atoms with E-state index in [-0.39, 0.29) is 23.7 Å². The monoisotopic (exact) mass is 498 g/mol. The first-order valence-corrected chi connectivity index (χ1v) is 12.4. The van der Waals surface area contributed by atoms with E-state index in [0.717, 1.165) is 28.3 Å². The van der Waals surface area contributed by atoms with E-state index in [1.807, 2.05) is 11.8 Å². The minimum atomic E-state index is -0.310. The molecule has 1 aliphatic heterocycles. The Bertz CT molecular complexity index is 1340. The van der Waals surface area contributed by atoms with E-state index < -0.39 is 0 Å². The largest absolute Gasteiger partial charge is 0.424 e. The summed E-state index contributed by atoms with van der Waals surface area (Å²) in [6.07, 6.45) is 1.96. The third-order valence-corrected chi connectivity index (χ3v) is 7.49. The molecule has 6 nitrogen and oxygen atoms in total. The van der Waals surface area contributed by atoms with Gasteiger partial charge in [0.05, 0.1) is 15.9 Å². The Labute approximate surface area is 205 Å². The van der Waals surface area contributed by atoms with Gasteiger partial charge in [0.25, 0.3) is 11.9 Å². The van der Waals surface area contributed by atoms with Gasteiger partial charge in [0.2, 0.25) is 0 Å². The average molecular weight is 499 g/mol. The number of halogens is 2. The van der Waals surface area contributed by atoms with Crippen LogP contribution in [0.5, 0.6) is 0 Å². The summed E-state index contributed by atoms with van der Waals surface area (Å²) in [6.45, 7) is 5.19. The highest BCUT2D eigenvalue weighted by Crippen LogP contribution is 2.33. The number of anilines is 1. The minimum Gasteiger partial charge on any atom is -0.424 e. The molecule has 1 N–H and O–H groups in total. The maximum atomic E-state index is 13.7. The fourth-order valence-corrected chi connectivity index (χ4v) is 5.57. The van der Waals surface area contributed by atoms with Crippen molar-refractivity contribution in [2.75, 3.05) is 18.4 Å². The van der Waals surface area contributed by atoms with Gasteiger partial charge < -0.3 is 14.6 Å². The van der Waals surface area contributed by atoms with E-state index in [1.54, 1.807) is 30.3 Å². The van der Waals surface area contributed by atoms with Crippen LogP contribution in [-0.2, 0) is 0 Å². The lowest BCUT2D eigenvalue weighted by Gasteiger charge is -2.39. The van der Waals surface area contributed by atoms with Crippen molar-refractivity contribution in [2.45, 2.75) is 32.7 Å². The molecule has 9 heteroatoms. The van der Waals surface area contributed by atoms with Gasteiger partial charge in [-0.15, -0.1) is 11.3 Å². The fourth-order valence-electron chi connectivity index (χ4n) is 4.49. The molecule has 3 heterocycles.